The lowest BCUT2D eigenvalue weighted by Gasteiger charge is -2.21. The Morgan fingerprint density at radius 2 is 1.86 bits per heavy atom. The van der Waals surface area contributed by atoms with Crippen LogP contribution in [0.25, 0.3) is 10.9 Å². The highest BCUT2D eigenvalue weighted by atomic mass is 79.9. The number of aromatic hydroxyl groups is 1. The summed E-state index contributed by atoms with van der Waals surface area (Å²) in [5.41, 5.74) is 1.07. The number of alkyl halides is 3. The quantitative estimate of drug-likeness (QED) is 0.415. The van der Waals surface area contributed by atoms with E-state index < -0.39 is 17.5 Å². The second-order valence-corrected chi connectivity index (χ2v) is 8.49. The number of phenolic OH excluding ortho intramolecular Hbond substituents is 1. The molecule has 1 aromatic heterocycles. The smallest absolute Gasteiger partial charge is 0.420 e. The Labute approximate surface area is 175 Å². The van der Waals surface area contributed by atoms with Gasteiger partial charge in [0.2, 0.25) is 0 Å². The van der Waals surface area contributed by atoms with E-state index in [1.807, 2.05) is 12.3 Å². The predicted molar refractivity (Wildman–Crippen MR) is 109 cm³/mol. The van der Waals surface area contributed by atoms with Gasteiger partial charge in [0, 0.05) is 17.1 Å². The van der Waals surface area contributed by atoms with Gasteiger partial charge in [0.15, 0.2) is 5.75 Å². The van der Waals surface area contributed by atoms with Gasteiger partial charge in [-0.2, -0.15) is 13.2 Å². The Morgan fingerprint density at radius 3 is 2.59 bits per heavy atom. The van der Waals surface area contributed by atoms with Crippen molar-refractivity contribution in [2.45, 2.75) is 44.7 Å². The van der Waals surface area contributed by atoms with Gasteiger partial charge in [-0.1, -0.05) is 32.1 Å². The summed E-state index contributed by atoms with van der Waals surface area (Å²) in [6.45, 7) is 0. The van der Waals surface area contributed by atoms with Crippen molar-refractivity contribution in [2.75, 3.05) is 0 Å². The minimum Gasteiger partial charge on any atom is -0.508 e. The first-order chi connectivity index (χ1) is 13.8. The Bertz CT molecular complexity index is 1020. The van der Waals surface area contributed by atoms with Crippen molar-refractivity contribution in [2.24, 2.45) is 5.92 Å². The summed E-state index contributed by atoms with van der Waals surface area (Å²) in [6, 6.07) is 7.10. The topological polar surface area (TPSA) is 45.2 Å². The van der Waals surface area contributed by atoms with Crippen LogP contribution in [-0.2, 0) is 12.6 Å². The van der Waals surface area contributed by atoms with Crippen molar-refractivity contribution in [3.05, 3.63) is 52.1 Å². The number of hydrogen-bond donors (Lipinski definition) is 2. The molecule has 3 nitrogen and oxygen atoms in total. The molecule has 0 amide bonds. The summed E-state index contributed by atoms with van der Waals surface area (Å²) in [4.78, 5) is 3.25. The summed E-state index contributed by atoms with van der Waals surface area (Å²) in [7, 11) is 0. The molecule has 0 atom stereocenters. The molecule has 0 bridgehead atoms. The second-order valence-electron chi connectivity index (χ2n) is 7.63. The normalized spacial score (nSPS) is 15.7. The Morgan fingerprint density at radius 1 is 1.10 bits per heavy atom. The fourth-order valence-electron chi connectivity index (χ4n) is 4.10. The minimum absolute atomic E-state index is 0.0430. The molecule has 1 saturated carbocycles. The van der Waals surface area contributed by atoms with Crippen LogP contribution in [0.1, 0.15) is 43.2 Å². The SMILES string of the molecule is Oc1cc(Br)c(Oc2ccc3[nH]cc(CC4CCCCC4)c3c2)c(C(F)(F)F)c1. The molecule has 1 aliphatic rings. The second kappa shape index (κ2) is 7.94. The van der Waals surface area contributed by atoms with Gasteiger partial charge in [-0.15, -0.1) is 0 Å². The largest absolute Gasteiger partial charge is 0.508 e. The Balaban J connectivity index is 1.66. The average Bonchev–Trinajstić information content (AvgIpc) is 3.06. The number of hydrogen-bond acceptors (Lipinski definition) is 2. The summed E-state index contributed by atoms with van der Waals surface area (Å²) >= 11 is 3.08. The fraction of sp³-hybridized carbons (Fsp3) is 0.364. The lowest BCUT2D eigenvalue weighted by Crippen LogP contribution is -2.09. The number of rotatable bonds is 4. The maximum absolute atomic E-state index is 13.4. The number of nitrogens with one attached hydrogen (secondary N) is 1. The highest BCUT2D eigenvalue weighted by Gasteiger charge is 2.36. The standard InChI is InChI=1S/C22H21BrF3NO2/c23-19-10-15(28)9-18(22(24,25)26)21(19)29-16-6-7-20-17(11-16)14(12-27-20)8-13-4-2-1-3-5-13/h6-7,9-13,27-28H,1-5,8H2. The third-order valence-electron chi connectivity index (χ3n) is 5.53. The third-order valence-corrected chi connectivity index (χ3v) is 6.11. The first kappa shape index (κ1) is 20.1. The van der Waals surface area contributed by atoms with Gasteiger partial charge >= 0.3 is 6.18 Å². The molecule has 154 valence electrons. The van der Waals surface area contributed by atoms with E-state index in [2.05, 4.69) is 20.9 Å². The van der Waals surface area contributed by atoms with E-state index in [4.69, 9.17) is 4.74 Å². The van der Waals surface area contributed by atoms with Crippen molar-refractivity contribution < 1.29 is 23.0 Å². The van der Waals surface area contributed by atoms with Crippen LogP contribution >= 0.6 is 15.9 Å². The first-order valence-corrected chi connectivity index (χ1v) is 10.5. The molecule has 2 aromatic carbocycles. The number of benzene rings is 2. The molecule has 29 heavy (non-hydrogen) atoms. The van der Waals surface area contributed by atoms with E-state index >= 15 is 0 Å². The number of H-pyrrole nitrogens is 1. The Hall–Kier alpha value is -2.15. The van der Waals surface area contributed by atoms with E-state index in [1.54, 1.807) is 12.1 Å². The molecule has 0 spiro atoms. The summed E-state index contributed by atoms with van der Waals surface area (Å²) in [6.07, 6.45) is 4.55. The number of ether oxygens (including phenoxy) is 1. The molecule has 0 aliphatic heterocycles. The van der Waals surface area contributed by atoms with E-state index in [9.17, 15) is 18.3 Å². The lowest BCUT2D eigenvalue weighted by molar-refractivity contribution is -0.138. The molecule has 0 radical (unpaired) electrons. The van der Waals surface area contributed by atoms with Crippen LogP contribution in [0.4, 0.5) is 13.2 Å². The number of phenols is 1. The molecule has 3 aromatic rings. The first-order valence-electron chi connectivity index (χ1n) is 9.69. The lowest BCUT2D eigenvalue weighted by atomic mass is 9.85. The number of aromatic nitrogens is 1. The number of halogens is 4. The van der Waals surface area contributed by atoms with Crippen molar-refractivity contribution in [1.82, 2.24) is 4.98 Å². The maximum atomic E-state index is 13.4. The predicted octanol–water partition coefficient (Wildman–Crippen LogP) is 7.57. The molecular weight excluding hydrogens is 447 g/mol. The molecule has 0 saturated heterocycles. The van der Waals surface area contributed by atoms with Crippen LogP contribution in [0.2, 0.25) is 0 Å². The highest BCUT2D eigenvalue weighted by molar-refractivity contribution is 9.10. The molecule has 2 N–H and O–H groups in total. The van der Waals surface area contributed by atoms with Gasteiger partial charge in [0.1, 0.15) is 17.1 Å². The van der Waals surface area contributed by atoms with Crippen LogP contribution in [0, 0.1) is 5.92 Å². The molecule has 7 heteroatoms. The van der Waals surface area contributed by atoms with Crippen LogP contribution < -0.4 is 4.74 Å². The Kier molecular flexibility index (Phi) is 5.51. The zero-order valence-electron chi connectivity index (χ0n) is 15.7. The fourth-order valence-corrected chi connectivity index (χ4v) is 4.63. The van der Waals surface area contributed by atoms with Crippen LogP contribution in [0.3, 0.4) is 0 Å². The summed E-state index contributed by atoms with van der Waals surface area (Å²) in [5, 5.41) is 10.5. The maximum Gasteiger partial charge on any atom is 0.420 e. The zero-order chi connectivity index (χ0) is 20.6. The molecule has 1 aliphatic carbocycles. The van der Waals surface area contributed by atoms with Crippen LogP contribution in [-0.4, -0.2) is 10.1 Å². The third kappa shape index (κ3) is 4.39. The zero-order valence-corrected chi connectivity index (χ0v) is 17.2. The number of aromatic amines is 1. The van der Waals surface area contributed by atoms with Gasteiger partial charge in [0.25, 0.3) is 0 Å². The van der Waals surface area contributed by atoms with E-state index in [1.165, 1.54) is 38.2 Å². The van der Waals surface area contributed by atoms with Crippen molar-refractivity contribution in [1.29, 1.82) is 0 Å². The molecule has 1 heterocycles. The monoisotopic (exact) mass is 467 g/mol. The molecule has 0 unspecified atom stereocenters. The van der Waals surface area contributed by atoms with E-state index in [0.717, 1.165) is 22.9 Å². The van der Waals surface area contributed by atoms with E-state index in [-0.39, 0.29) is 10.2 Å². The summed E-state index contributed by atoms with van der Waals surface area (Å²) in [5.74, 6) is 0.126. The van der Waals surface area contributed by atoms with E-state index in [0.29, 0.717) is 17.7 Å². The van der Waals surface area contributed by atoms with Crippen molar-refractivity contribution in [3.8, 4) is 17.2 Å². The van der Waals surface area contributed by atoms with Gasteiger partial charge in [0.05, 0.1) is 4.47 Å². The van der Waals surface area contributed by atoms with Gasteiger partial charge < -0.3 is 14.8 Å². The van der Waals surface area contributed by atoms with Crippen molar-refractivity contribution in [3.63, 3.8) is 0 Å². The highest BCUT2D eigenvalue weighted by Crippen LogP contribution is 2.45. The van der Waals surface area contributed by atoms with Crippen LogP contribution in [0.5, 0.6) is 17.2 Å². The average molecular weight is 468 g/mol. The van der Waals surface area contributed by atoms with Gasteiger partial charge in [-0.05, 0) is 64.2 Å². The molecule has 1 fully saturated rings. The molecular formula is C22H21BrF3NO2. The summed E-state index contributed by atoms with van der Waals surface area (Å²) < 4.78 is 46.0. The number of fused-ring (bicyclic) bond motifs is 1. The van der Waals surface area contributed by atoms with Gasteiger partial charge in [-0.3, -0.25) is 0 Å². The van der Waals surface area contributed by atoms with Gasteiger partial charge in [-0.25, -0.2) is 0 Å². The van der Waals surface area contributed by atoms with Crippen LogP contribution in [0.15, 0.2) is 41.0 Å². The van der Waals surface area contributed by atoms with Crippen molar-refractivity contribution >= 4 is 26.8 Å². The molecule has 4 rings (SSSR count). The minimum atomic E-state index is -4.65.